The number of allylic oxidation sites excluding steroid dienone is 2. The van der Waals surface area contributed by atoms with Crippen molar-refractivity contribution in [3.8, 4) is 0 Å². The number of piperidine rings is 1. The van der Waals surface area contributed by atoms with Crippen molar-refractivity contribution < 1.29 is 9.59 Å². The molecule has 1 amide bonds. The lowest BCUT2D eigenvalue weighted by Crippen LogP contribution is -2.42. The fraction of sp³-hybridized carbons (Fsp3) is 0.250. The van der Waals surface area contributed by atoms with Gasteiger partial charge in [-0.1, -0.05) is 54.6 Å². The monoisotopic (exact) mass is 372 g/mol. The highest BCUT2D eigenvalue weighted by Gasteiger charge is 2.30. The summed E-state index contributed by atoms with van der Waals surface area (Å²) in [6, 6.07) is 18.0. The number of nitrogens with zero attached hydrogens (tertiary/aromatic N) is 1. The smallest absolute Gasteiger partial charge is 0.295 e. The second-order valence-corrected chi connectivity index (χ2v) is 7.25. The molecule has 4 rings (SSSR count). The molecule has 0 saturated carbocycles. The number of H-pyrrole nitrogens is 1. The second kappa shape index (κ2) is 7.85. The lowest BCUT2D eigenvalue weighted by molar-refractivity contribution is -0.127. The lowest BCUT2D eigenvalue weighted by Gasteiger charge is -2.33. The fourth-order valence-corrected chi connectivity index (χ4v) is 4.18. The standard InChI is InChI=1S/C24H24N2O2/c1-2-19(17-8-4-3-5-9-17)18-12-14-26(15-13-18)24(28)23(27)21-16-25-22-11-7-6-10-20(21)22/h2-11,16,18,25H,12-15H2,1H3/b19-2+. The number of rotatable bonds is 4. The Balaban J connectivity index is 1.45. The number of hydrogen-bond acceptors (Lipinski definition) is 2. The summed E-state index contributed by atoms with van der Waals surface area (Å²) in [5.74, 6) is -0.408. The van der Waals surface area contributed by atoms with Crippen LogP contribution in [0.2, 0.25) is 0 Å². The third kappa shape index (κ3) is 3.38. The molecule has 4 nitrogen and oxygen atoms in total. The van der Waals surface area contributed by atoms with E-state index in [9.17, 15) is 9.59 Å². The van der Waals surface area contributed by atoms with Crippen molar-refractivity contribution in [3.05, 3.63) is 78.0 Å². The zero-order chi connectivity index (χ0) is 19.5. The van der Waals surface area contributed by atoms with E-state index >= 15 is 0 Å². The summed E-state index contributed by atoms with van der Waals surface area (Å²) in [5.41, 5.74) is 3.90. The van der Waals surface area contributed by atoms with E-state index in [1.807, 2.05) is 30.3 Å². The van der Waals surface area contributed by atoms with Crippen LogP contribution < -0.4 is 0 Å². The van der Waals surface area contributed by atoms with Crippen molar-refractivity contribution in [1.82, 2.24) is 9.88 Å². The predicted molar refractivity (Wildman–Crippen MR) is 112 cm³/mol. The van der Waals surface area contributed by atoms with Crippen LogP contribution in [0.5, 0.6) is 0 Å². The molecule has 3 aromatic rings. The van der Waals surface area contributed by atoms with Gasteiger partial charge in [0.05, 0.1) is 5.56 Å². The molecule has 28 heavy (non-hydrogen) atoms. The topological polar surface area (TPSA) is 53.2 Å². The molecule has 1 fully saturated rings. The Kier molecular flexibility index (Phi) is 5.11. The van der Waals surface area contributed by atoms with Crippen LogP contribution in [-0.2, 0) is 4.79 Å². The number of nitrogens with one attached hydrogen (secondary N) is 1. The summed E-state index contributed by atoms with van der Waals surface area (Å²) in [6.45, 7) is 3.30. The zero-order valence-electron chi connectivity index (χ0n) is 16.0. The third-order valence-corrected chi connectivity index (χ3v) is 5.67. The van der Waals surface area contributed by atoms with Crippen LogP contribution in [0.4, 0.5) is 0 Å². The summed E-state index contributed by atoms with van der Waals surface area (Å²) in [6.07, 6.45) is 5.57. The molecule has 1 aliphatic heterocycles. The van der Waals surface area contributed by atoms with Gasteiger partial charge in [0, 0.05) is 30.2 Å². The van der Waals surface area contributed by atoms with Gasteiger partial charge in [-0.05, 0) is 42.9 Å². The maximum Gasteiger partial charge on any atom is 0.295 e. The summed E-state index contributed by atoms with van der Waals surface area (Å²) in [5, 5.41) is 0.802. The van der Waals surface area contributed by atoms with Gasteiger partial charge in [-0.2, -0.15) is 0 Å². The van der Waals surface area contributed by atoms with Gasteiger partial charge in [-0.25, -0.2) is 0 Å². The number of carbonyl (C=O) groups is 2. The first kappa shape index (κ1) is 18.2. The van der Waals surface area contributed by atoms with E-state index in [1.54, 1.807) is 11.1 Å². The molecule has 1 saturated heterocycles. The Labute approximate surface area is 164 Å². The molecule has 142 valence electrons. The first-order valence-electron chi connectivity index (χ1n) is 9.80. The molecule has 2 heterocycles. The van der Waals surface area contributed by atoms with Gasteiger partial charge in [-0.15, -0.1) is 0 Å². The molecular formula is C24H24N2O2. The minimum absolute atomic E-state index is 0.398. The summed E-state index contributed by atoms with van der Waals surface area (Å²) in [4.78, 5) is 30.4. The first-order chi connectivity index (χ1) is 13.7. The Hall–Kier alpha value is -3.14. The van der Waals surface area contributed by atoms with Crippen LogP contribution >= 0.6 is 0 Å². The Bertz CT molecular complexity index is 1020. The second-order valence-electron chi connectivity index (χ2n) is 7.25. The van der Waals surface area contributed by atoms with Crippen molar-refractivity contribution in [1.29, 1.82) is 0 Å². The van der Waals surface area contributed by atoms with Crippen LogP contribution in [-0.4, -0.2) is 34.7 Å². The highest BCUT2D eigenvalue weighted by Crippen LogP contribution is 2.32. The SMILES string of the molecule is C/C=C(\c1ccccc1)C1CCN(C(=O)C(=O)c2c[nH]c3ccccc23)CC1. The number of para-hydroxylation sites is 1. The highest BCUT2D eigenvalue weighted by atomic mass is 16.2. The molecule has 0 bridgehead atoms. The normalized spacial score (nSPS) is 15.8. The van der Waals surface area contributed by atoms with Gasteiger partial charge in [0.1, 0.15) is 0 Å². The molecule has 0 atom stereocenters. The maximum atomic E-state index is 12.8. The first-order valence-corrected chi connectivity index (χ1v) is 9.80. The molecule has 1 aliphatic rings. The number of Topliss-reactive ketones (excluding diaryl/α,β-unsaturated/α-hetero) is 1. The van der Waals surface area contributed by atoms with Gasteiger partial charge >= 0.3 is 0 Å². The maximum absolute atomic E-state index is 12.8. The summed E-state index contributed by atoms with van der Waals surface area (Å²) < 4.78 is 0. The van der Waals surface area contributed by atoms with Crippen LogP contribution in [0, 0.1) is 5.92 Å². The van der Waals surface area contributed by atoms with E-state index in [-0.39, 0.29) is 0 Å². The van der Waals surface area contributed by atoms with Crippen LogP contribution in [0.15, 0.2) is 66.9 Å². The molecule has 0 unspecified atom stereocenters. The average Bonchev–Trinajstić information content (AvgIpc) is 3.19. The number of aromatic amines is 1. The molecular weight excluding hydrogens is 348 g/mol. The molecule has 0 spiro atoms. The number of amides is 1. The van der Waals surface area contributed by atoms with Crippen molar-refractivity contribution in [3.63, 3.8) is 0 Å². The molecule has 0 aliphatic carbocycles. The minimum Gasteiger partial charge on any atom is -0.360 e. The number of likely N-dealkylation sites (tertiary alicyclic amines) is 1. The fourth-order valence-electron chi connectivity index (χ4n) is 4.18. The summed E-state index contributed by atoms with van der Waals surface area (Å²) in [7, 11) is 0. The van der Waals surface area contributed by atoms with Crippen molar-refractivity contribution in [2.75, 3.05) is 13.1 Å². The number of carbonyl (C=O) groups excluding carboxylic acids is 2. The highest BCUT2D eigenvalue weighted by molar-refractivity contribution is 6.44. The average molecular weight is 372 g/mol. The van der Waals surface area contributed by atoms with Gasteiger partial charge in [-0.3, -0.25) is 9.59 Å². The molecule has 0 radical (unpaired) electrons. The van der Waals surface area contributed by atoms with Crippen molar-refractivity contribution in [2.45, 2.75) is 19.8 Å². The van der Waals surface area contributed by atoms with Gasteiger partial charge < -0.3 is 9.88 Å². The van der Waals surface area contributed by atoms with Crippen molar-refractivity contribution >= 4 is 28.2 Å². The van der Waals surface area contributed by atoms with Gasteiger partial charge in [0.2, 0.25) is 0 Å². The van der Waals surface area contributed by atoms with Crippen LogP contribution in [0.1, 0.15) is 35.7 Å². The lowest BCUT2D eigenvalue weighted by atomic mass is 9.85. The predicted octanol–water partition coefficient (Wildman–Crippen LogP) is 4.69. The van der Waals surface area contributed by atoms with E-state index < -0.39 is 11.7 Å². The minimum atomic E-state index is -0.426. The van der Waals surface area contributed by atoms with Crippen LogP contribution in [0.25, 0.3) is 16.5 Å². The Morgan fingerprint density at radius 2 is 1.68 bits per heavy atom. The largest absolute Gasteiger partial charge is 0.360 e. The van der Waals surface area contributed by atoms with Gasteiger partial charge in [0.25, 0.3) is 11.7 Å². The Morgan fingerprint density at radius 3 is 2.39 bits per heavy atom. The summed E-state index contributed by atoms with van der Waals surface area (Å²) >= 11 is 0. The molecule has 4 heteroatoms. The molecule has 1 N–H and O–H groups in total. The quantitative estimate of drug-likeness (QED) is 0.533. The number of fused-ring (bicyclic) bond motifs is 1. The number of aromatic nitrogens is 1. The van der Waals surface area contributed by atoms with E-state index in [0.717, 1.165) is 23.7 Å². The Morgan fingerprint density at radius 1 is 1.00 bits per heavy atom. The molecule has 1 aromatic heterocycles. The molecule has 2 aromatic carbocycles. The van der Waals surface area contributed by atoms with Crippen LogP contribution in [0.3, 0.4) is 0 Å². The third-order valence-electron chi connectivity index (χ3n) is 5.67. The van der Waals surface area contributed by atoms with E-state index in [0.29, 0.717) is 24.6 Å². The van der Waals surface area contributed by atoms with E-state index in [4.69, 9.17) is 0 Å². The van der Waals surface area contributed by atoms with E-state index in [1.165, 1.54) is 11.1 Å². The van der Waals surface area contributed by atoms with Crippen molar-refractivity contribution in [2.24, 2.45) is 5.92 Å². The van der Waals surface area contributed by atoms with Gasteiger partial charge in [0.15, 0.2) is 0 Å². The number of ketones is 1. The number of hydrogen-bond donors (Lipinski definition) is 1. The number of benzene rings is 2. The van der Waals surface area contributed by atoms with E-state index in [2.05, 4.69) is 42.2 Å². The zero-order valence-corrected chi connectivity index (χ0v) is 16.0.